The van der Waals surface area contributed by atoms with E-state index in [1.54, 1.807) is 0 Å². The highest BCUT2D eigenvalue weighted by atomic mass is 127. The largest absolute Gasteiger partial charge is 0.673 e. The molecule has 0 amide bonds. The van der Waals surface area contributed by atoms with Gasteiger partial charge in [-0.2, -0.15) is 0 Å². The highest BCUT2D eigenvalue weighted by Crippen LogP contribution is 2.38. The van der Waals surface area contributed by atoms with Gasteiger partial charge in [-0.25, -0.2) is 0 Å². The third kappa shape index (κ3) is 5.40. The summed E-state index contributed by atoms with van der Waals surface area (Å²) in [5.41, 5.74) is 7.88. The standard InChI is InChI=1S/C19H21IN2.BF4/c1-13-7-5-8-14(2)17(13)21-11-12-22(19(21)20)18-15(3)9-6-10-16(18)4;2-1(3,4)5/h5-12,19H,1-4H3;/q;-1. The molecule has 0 saturated carbocycles. The summed E-state index contributed by atoms with van der Waals surface area (Å²) >= 11 is 2.52. The number of rotatable bonds is 2. The number of para-hydroxylation sites is 2. The molecule has 0 N–H and O–H groups in total. The summed E-state index contributed by atoms with van der Waals surface area (Å²) in [4.78, 5) is 4.72. The molecule has 0 fully saturated rings. The lowest BCUT2D eigenvalue weighted by molar-refractivity contribution is 0.368. The highest BCUT2D eigenvalue weighted by molar-refractivity contribution is 14.1. The Balaban J connectivity index is 0.000000465. The van der Waals surface area contributed by atoms with Gasteiger partial charge in [-0.15, -0.1) is 0 Å². The van der Waals surface area contributed by atoms with Gasteiger partial charge in [0, 0.05) is 23.8 Å². The second-order valence-electron chi connectivity index (χ2n) is 6.40. The minimum absolute atomic E-state index is 0.247. The summed E-state index contributed by atoms with van der Waals surface area (Å²) in [6.07, 6.45) is 4.39. The van der Waals surface area contributed by atoms with E-state index in [1.807, 2.05) is 0 Å². The van der Waals surface area contributed by atoms with Crippen molar-refractivity contribution in [1.82, 2.24) is 0 Å². The Morgan fingerprint density at radius 1 is 0.704 bits per heavy atom. The first-order valence-electron chi connectivity index (χ1n) is 8.39. The predicted octanol–water partition coefficient (Wildman–Crippen LogP) is 6.74. The maximum atomic E-state index is 9.75. The monoisotopic (exact) mass is 491 g/mol. The molecule has 1 aliphatic heterocycles. The summed E-state index contributed by atoms with van der Waals surface area (Å²) in [5.74, 6) is 0. The van der Waals surface area contributed by atoms with E-state index in [0.717, 1.165) is 0 Å². The quantitative estimate of drug-likeness (QED) is 0.151. The molecule has 146 valence electrons. The minimum Gasteiger partial charge on any atom is -0.418 e. The number of anilines is 2. The van der Waals surface area contributed by atoms with Crippen molar-refractivity contribution in [3.05, 3.63) is 71.1 Å². The van der Waals surface area contributed by atoms with Gasteiger partial charge < -0.3 is 27.1 Å². The molecule has 0 radical (unpaired) electrons. The van der Waals surface area contributed by atoms with Crippen molar-refractivity contribution in [3.63, 3.8) is 0 Å². The molecule has 0 aliphatic carbocycles. The SMILES string of the molecule is Cc1cccc(C)c1N1C=CN(c2c(C)cccc2C)C1I.F[B-](F)(F)F. The van der Waals surface area contributed by atoms with Gasteiger partial charge >= 0.3 is 7.25 Å². The van der Waals surface area contributed by atoms with Crippen LogP contribution in [0.2, 0.25) is 0 Å². The Kier molecular flexibility index (Phi) is 6.83. The summed E-state index contributed by atoms with van der Waals surface area (Å²) in [7, 11) is -6.00. The molecule has 1 heterocycles. The van der Waals surface area contributed by atoms with Crippen molar-refractivity contribution in [3.8, 4) is 0 Å². The predicted molar refractivity (Wildman–Crippen MR) is 114 cm³/mol. The first-order valence-corrected chi connectivity index (χ1v) is 9.64. The average Bonchev–Trinajstić information content (AvgIpc) is 2.87. The van der Waals surface area contributed by atoms with Gasteiger partial charge in [-0.1, -0.05) is 36.4 Å². The van der Waals surface area contributed by atoms with E-state index in [0.29, 0.717) is 0 Å². The van der Waals surface area contributed by atoms with Crippen molar-refractivity contribution >= 4 is 41.2 Å². The lowest BCUT2D eigenvalue weighted by Crippen LogP contribution is -2.34. The van der Waals surface area contributed by atoms with E-state index in [1.165, 1.54) is 33.6 Å². The fourth-order valence-corrected chi connectivity index (χ4v) is 4.14. The molecule has 27 heavy (non-hydrogen) atoms. The molecule has 0 saturated heterocycles. The molecule has 0 atom stereocenters. The molecule has 0 unspecified atom stereocenters. The van der Waals surface area contributed by atoms with Crippen molar-refractivity contribution in [2.24, 2.45) is 0 Å². The third-order valence-corrected chi connectivity index (χ3v) is 5.44. The van der Waals surface area contributed by atoms with E-state index in [2.05, 4.69) is 109 Å². The van der Waals surface area contributed by atoms with Crippen LogP contribution >= 0.6 is 22.6 Å². The van der Waals surface area contributed by atoms with Crippen molar-refractivity contribution in [1.29, 1.82) is 0 Å². The van der Waals surface area contributed by atoms with Crippen LogP contribution < -0.4 is 9.80 Å². The third-order valence-electron chi connectivity index (χ3n) is 4.24. The lowest BCUT2D eigenvalue weighted by atomic mass is 10.1. The molecule has 2 aromatic rings. The van der Waals surface area contributed by atoms with E-state index in [4.69, 9.17) is 0 Å². The molecule has 0 bridgehead atoms. The van der Waals surface area contributed by atoms with Crippen LogP contribution in [0.1, 0.15) is 22.3 Å². The van der Waals surface area contributed by atoms with Crippen LogP contribution in [0, 0.1) is 27.7 Å². The van der Waals surface area contributed by atoms with Gasteiger partial charge in [0.05, 0.1) is 0 Å². The van der Waals surface area contributed by atoms with Crippen LogP contribution in [0.5, 0.6) is 0 Å². The molecule has 2 nitrogen and oxygen atoms in total. The summed E-state index contributed by atoms with van der Waals surface area (Å²) < 4.78 is 39.2. The topological polar surface area (TPSA) is 6.48 Å². The van der Waals surface area contributed by atoms with Crippen LogP contribution in [0.3, 0.4) is 0 Å². The first-order chi connectivity index (χ1) is 12.5. The Hall–Kier alpha value is -1.71. The van der Waals surface area contributed by atoms with Crippen molar-refractivity contribution in [2.45, 2.75) is 31.9 Å². The van der Waals surface area contributed by atoms with E-state index >= 15 is 0 Å². The second kappa shape index (κ2) is 8.54. The Bertz CT molecular complexity index is 731. The average molecular weight is 491 g/mol. The van der Waals surface area contributed by atoms with Gasteiger partial charge in [0.15, 0.2) is 4.17 Å². The summed E-state index contributed by atoms with van der Waals surface area (Å²) in [6, 6.07) is 13.0. The number of nitrogens with zero attached hydrogens (tertiary/aromatic N) is 2. The van der Waals surface area contributed by atoms with Gasteiger partial charge in [-0.3, -0.25) is 0 Å². The van der Waals surface area contributed by atoms with E-state index in [-0.39, 0.29) is 4.17 Å². The number of alkyl halides is 1. The minimum atomic E-state index is -6.00. The Labute approximate surface area is 171 Å². The smallest absolute Gasteiger partial charge is 0.418 e. The number of halogens is 5. The van der Waals surface area contributed by atoms with Gasteiger partial charge in [0.2, 0.25) is 0 Å². The second-order valence-corrected chi connectivity index (χ2v) is 7.51. The zero-order valence-electron chi connectivity index (χ0n) is 15.6. The van der Waals surface area contributed by atoms with Gasteiger partial charge in [-0.05, 0) is 72.5 Å². The fraction of sp³-hybridized carbons (Fsp3) is 0.263. The van der Waals surface area contributed by atoms with Crippen molar-refractivity contribution < 1.29 is 17.3 Å². The van der Waals surface area contributed by atoms with E-state index < -0.39 is 7.25 Å². The number of benzene rings is 2. The zero-order valence-corrected chi connectivity index (χ0v) is 17.7. The highest BCUT2D eigenvalue weighted by Gasteiger charge is 2.29. The molecular formula is C19H21BF4IN2-. The first kappa shape index (κ1) is 21.6. The molecule has 8 heteroatoms. The molecular weight excluding hydrogens is 470 g/mol. The maximum absolute atomic E-state index is 9.75. The molecule has 0 aromatic heterocycles. The number of hydrogen-bond donors (Lipinski definition) is 0. The summed E-state index contributed by atoms with van der Waals surface area (Å²) in [5, 5.41) is 0. The summed E-state index contributed by atoms with van der Waals surface area (Å²) in [6.45, 7) is 8.73. The fourth-order valence-electron chi connectivity index (χ4n) is 3.21. The maximum Gasteiger partial charge on any atom is 0.673 e. The Morgan fingerprint density at radius 2 is 0.963 bits per heavy atom. The van der Waals surface area contributed by atoms with Crippen LogP contribution in [-0.4, -0.2) is 11.4 Å². The van der Waals surface area contributed by atoms with Gasteiger partial charge in [0.1, 0.15) is 0 Å². The Morgan fingerprint density at radius 3 is 1.22 bits per heavy atom. The molecule has 3 rings (SSSR count). The lowest BCUT2D eigenvalue weighted by Gasteiger charge is -2.31. The van der Waals surface area contributed by atoms with Crippen LogP contribution in [0.25, 0.3) is 0 Å². The van der Waals surface area contributed by atoms with E-state index in [9.17, 15) is 17.3 Å². The normalized spacial score (nSPS) is 14.4. The molecule has 1 aliphatic rings. The van der Waals surface area contributed by atoms with Gasteiger partial charge in [0.25, 0.3) is 0 Å². The van der Waals surface area contributed by atoms with Crippen molar-refractivity contribution in [2.75, 3.05) is 9.80 Å². The molecule has 2 aromatic carbocycles. The molecule has 0 spiro atoms. The zero-order chi connectivity index (χ0) is 20.4. The number of hydrogen-bond acceptors (Lipinski definition) is 2. The van der Waals surface area contributed by atoms with Crippen LogP contribution in [-0.2, 0) is 0 Å². The van der Waals surface area contributed by atoms with Crippen LogP contribution in [0.4, 0.5) is 28.6 Å². The number of aryl methyl sites for hydroxylation is 4. The van der Waals surface area contributed by atoms with Crippen LogP contribution in [0.15, 0.2) is 48.8 Å².